The van der Waals surface area contributed by atoms with Gasteiger partial charge in [-0.25, -0.2) is 0 Å². The summed E-state index contributed by atoms with van der Waals surface area (Å²) >= 11 is 1.70. The van der Waals surface area contributed by atoms with Crippen LogP contribution in [0.2, 0.25) is 0 Å². The fraction of sp³-hybridized carbons (Fsp3) is 0.111. The van der Waals surface area contributed by atoms with Crippen LogP contribution in [0.1, 0.15) is 0 Å². The summed E-state index contributed by atoms with van der Waals surface area (Å²) in [5.41, 5.74) is 0.977. The summed E-state index contributed by atoms with van der Waals surface area (Å²) < 4.78 is 0. The van der Waals surface area contributed by atoms with Crippen LogP contribution in [-0.4, -0.2) is 18.6 Å². The Bertz CT molecular complexity index is 386. The van der Waals surface area contributed by atoms with Crippen molar-refractivity contribution in [3.05, 3.63) is 24.3 Å². The first-order chi connectivity index (χ1) is 6.88. The summed E-state index contributed by atoms with van der Waals surface area (Å²) in [6, 6.07) is 8.06. The highest BCUT2D eigenvalue weighted by Gasteiger charge is 2.03. The monoisotopic (exact) mass is 205 g/mol. The average Bonchev–Trinajstić information content (AvgIpc) is 2.71. The first kappa shape index (κ1) is 9.08. The molecule has 4 nitrogen and oxygen atoms in total. The van der Waals surface area contributed by atoms with Crippen molar-refractivity contribution >= 4 is 29.7 Å². The summed E-state index contributed by atoms with van der Waals surface area (Å²) in [6.07, 6.45) is 3.46. The second-order valence-corrected chi connectivity index (χ2v) is 3.52. The van der Waals surface area contributed by atoms with E-state index in [4.69, 9.17) is 0 Å². The van der Waals surface area contributed by atoms with Gasteiger partial charge in [0.2, 0.25) is 5.96 Å². The molecule has 0 fully saturated rings. The van der Waals surface area contributed by atoms with Crippen molar-refractivity contribution in [2.24, 2.45) is 10.2 Å². The number of hydrogen-bond acceptors (Lipinski definition) is 4. The highest BCUT2D eigenvalue weighted by atomic mass is 32.2. The Morgan fingerprint density at radius 2 is 2.29 bits per heavy atom. The number of thioether (sulfide) groups is 1. The molecular formula is C9H9N4S. The fourth-order valence-electron chi connectivity index (χ4n) is 1.07. The minimum Gasteiger partial charge on any atom is -0.323 e. The molecule has 0 saturated carbocycles. The molecule has 1 heterocycles. The van der Waals surface area contributed by atoms with Crippen molar-refractivity contribution in [3.8, 4) is 0 Å². The maximum absolute atomic E-state index is 3.93. The molecular weight excluding hydrogens is 196 g/mol. The zero-order valence-electron chi connectivity index (χ0n) is 7.64. The van der Waals surface area contributed by atoms with Gasteiger partial charge in [0.05, 0.1) is 0 Å². The number of nitrogens with one attached hydrogen (secondary N) is 1. The number of guanidine groups is 1. The lowest BCUT2D eigenvalue weighted by Crippen LogP contribution is -2.19. The molecule has 1 aromatic rings. The van der Waals surface area contributed by atoms with E-state index in [9.17, 15) is 0 Å². The van der Waals surface area contributed by atoms with Gasteiger partial charge in [-0.15, -0.1) is 22.0 Å². The molecule has 2 rings (SSSR count). The summed E-state index contributed by atoms with van der Waals surface area (Å²) in [7, 11) is 0. The Labute approximate surface area is 86.5 Å². The van der Waals surface area contributed by atoms with Crippen molar-refractivity contribution in [2.45, 2.75) is 4.90 Å². The van der Waals surface area contributed by atoms with Crippen LogP contribution in [0.15, 0.2) is 39.4 Å². The highest BCUT2D eigenvalue weighted by molar-refractivity contribution is 7.98. The number of hydrogen-bond donors (Lipinski definition) is 1. The van der Waals surface area contributed by atoms with Gasteiger partial charge in [-0.05, 0) is 24.5 Å². The number of rotatable bonds is 2. The van der Waals surface area contributed by atoms with E-state index in [0.717, 1.165) is 5.69 Å². The van der Waals surface area contributed by atoms with Gasteiger partial charge in [-0.3, -0.25) is 0 Å². The first-order valence-electron chi connectivity index (χ1n) is 4.10. The van der Waals surface area contributed by atoms with Crippen molar-refractivity contribution in [1.82, 2.24) is 5.32 Å². The van der Waals surface area contributed by atoms with Crippen LogP contribution in [0.25, 0.3) is 0 Å². The van der Waals surface area contributed by atoms with Gasteiger partial charge in [0, 0.05) is 10.6 Å². The molecule has 0 saturated heterocycles. The van der Waals surface area contributed by atoms with Crippen LogP contribution in [0.3, 0.4) is 0 Å². The summed E-state index contributed by atoms with van der Waals surface area (Å²) in [4.78, 5) is 1.20. The number of nitrogens with zero attached hydrogens (tertiary/aromatic N) is 3. The second-order valence-electron chi connectivity index (χ2n) is 2.64. The molecule has 71 valence electrons. The molecule has 0 atom stereocenters. The van der Waals surface area contributed by atoms with Crippen molar-refractivity contribution in [1.29, 1.82) is 0 Å². The van der Waals surface area contributed by atoms with Gasteiger partial charge >= 0.3 is 0 Å². The van der Waals surface area contributed by atoms with Crippen LogP contribution < -0.4 is 10.6 Å². The molecule has 5 heteroatoms. The van der Waals surface area contributed by atoms with Gasteiger partial charge in [0.1, 0.15) is 6.34 Å². The molecule has 1 aliphatic heterocycles. The normalized spacial score (nSPS) is 13.6. The van der Waals surface area contributed by atoms with E-state index in [1.165, 1.54) is 11.2 Å². The Morgan fingerprint density at radius 3 is 3.00 bits per heavy atom. The minimum absolute atomic E-state index is 0.531. The van der Waals surface area contributed by atoms with Gasteiger partial charge in [-0.2, -0.15) is 5.32 Å². The van der Waals surface area contributed by atoms with Crippen LogP contribution in [0, 0.1) is 0 Å². The van der Waals surface area contributed by atoms with E-state index in [-0.39, 0.29) is 0 Å². The van der Waals surface area contributed by atoms with E-state index in [1.807, 2.05) is 24.5 Å². The SMILES string of the molecule is CSc1cccc(NC2=NN=C[N]2)c1. The lowest BCUT2D eigenvalue weighted by Gasteiger charge is -2.04. The summed E-state index contributed by atoms with van der Waals surface area (Å²) in [6.45, 7) is 0. The Hall–Kier alpha value is -1.49. The lowest BCUT2D eigenvalue weighted by atomic mass is 10.3. The maximum atomic E-state index is 3.93. The molecule has 14 heavy (non-hydrogen) atoms. The topological polar surface area (TPSA) is 50.9 Å². The van der Waals surface area contributed by atoms with Crippen molar-refractivity contribution in [3.63, 3.8) is 0 Å². The molecule has 1 N–H and O–H groups in total. The molecule has 0 amide bonds. The number of anilines is 1. The smallest absolute Gasteiger partial charge is 0.248 e. The van der Waals surface area contributed by atoms with Gasteiger partial charge in [0.15, 0.2) is 0 Å². The molecule has 0 bridgehead atoms. The van der Waals surface area contributed by atoms with E-state index in [2.05, 4.69) is 26.9 Å². The zero-order chi connectivity index (χ0) is 9.80. The second kappa shape index (κ2) is 4.15. The lowest BCUT2D eigenvalue weighted by molar-refractivity contribution is 1.27. The van der Waals surface area contributed by atoms with Gasteiger partial charge in [0.25, 0.3) is 0 Å². The summed E-state index contributed by atoms with van der Waals surface area (Å²) in [5, 5.41) is 14.4. The standard InChI is InChI=1S/C9H9N4S/c1-14-8-4-2-3-7(5-8)12-9-10-6-11-13-9/h2-6H,1H3,(H,12,13). The predicted molar refractivity (Wildman–Crippen MR) is 59.9 cm³/mol. The first-order valence-corrected chi connectivity index (χ1v) is 5.32. The predicted octanol–water partition coefficient (Wildman–Crippen LogP) is 1.74. The Balaban J connectivity index is 2.09. The molecule has 1 aromatic carbocycles. The van der Waals surface area contributed by atoms with Crippen LogP contribution in [0.4, 0.5) is 5.69 Å². The Kier molecular flexibility index (Phi) is 2.69. The van der Waals surface area contributed by atoms with E-state index >= 15 is 0 Å². The third-order valence-corrected chi connectivity index (χ3v) is 2.44. The Morgan fingerprint density at radius 1 is 1.36 bits per heavy atom. The highest BCUT2D eigenvalue weighted by Crippen LogP contribution is 2.18. The van der Waals surface area contributed by atoms with Crippen molar-refractivity contribution in [2.75, 3.05) is 11.6 Å². The van der Waals surface area contributed by atoms with E-state index < -0.39 is 0 Å². The third kappa shape index (κ3) is 2.05. The van der Waals surface area contributed by atoms with Gasteiger partial charge < -0.3 is 5.32 Å². The molecule has 1 aliphatic rings. The molecule has 0 unspecified atom stereocenters. The molecule has 0 aliphatic carbocycles. The zero-order valence-corrected chi connectivity index (χ0v) is 8.45. The van der Waals surface area contributed by atoms with Crippen LogP contribution in [0.5, 0.6) is 0 Å². The number of benzene rings is 1. The molecule has 0 spiro atoms. The third-order valence-electron chi connectivity index (χ3n) is 1.71. The molecule has 0 aromatic heterocycles. The van der Waals surface area contributed by atoms with E-state index in [0.29, 0.717) is 5.96 Å². The fourth-order valence-corrected chi connectivity index (χ4v) is 1.53. The van der Waals surface area contributed by atoms with Crippen LogP contribution in [-0.2, 0) is 0 Å². The average molecular weight is 205 g/mol. The quantitative estimate of drug-likeness (QED) is 0.748. The summed E-state index contributed by atoms with van der Waals surface area (Å²) in [5.74, 6) is 0.531. The largest absolute Gasteiger partial charge is 0.323 e. The van der Waals surface area contributed by atoms with E-state index in [1.54, 1.807) is 11.8 Å². The van der Waals surface area contributed by atoms with Gasteiger partial charge in [-0.1, -0.05) is 6.07 Å². The van der Waals surface area contributed by atoms with Crippen molar-refractivity contribution < 1.29 is 0 Å². The van der Waals surface area contributed by atoms with Crippen LogP contribution >= 0.6 is 11.8 Å². The maximum Gasteiger partial charge on any atom is 0.248 e. The molecule has 1 radical (unpaired) electrons. The minimum atomic E-state index is 0.531.